The van der Waals surface area contributed by atoms with E-state index in [1.165, 1.54) is 26.3 Å². The first kappa shape index (κ1) is 24.7. The van der Waals surface area contributed by atoms with Gasteiger partial charge in [0.15, 0.2) is 5.69 Å². The number of H-pyrrole nitrogens is 1. The lowest BCUT2D eigenvalue weighted by Crippen LogP contribution is -2.42. The number of rotatable bonds is 9. The number of benzene rings is 1. The fraction of sp³-hybridized carbons (Fsp3) is 0.375. The van der Waals surface area contributed by atoms with Crippen LogP contribution in [0.3, 0.4) is 0 Å². The zero-order valence-electron chi connectivity index (χ0n) is 19.7. The van der Waals surface area contributed by atoms with Crippen LogP contribution in [0, 0.1) is 5.92 Å². The third-order valence-corrected chi connectivity index (χ3v) is 5.36. The van der Waals surface area contributed by atoms with Gasteiger partial charge in [-0.1, -0.05) is 51.1 Å². The predicted octanol–water partition coefficient (Wildman–Crippen LogP) is 1.83. The monoisotopic (exact) mass is 466 g/mol. The molecule has 1 amide bonds. The first-order valence-electron chi connectivity index (χ1n) is 11.3. The van der Waals surface area contributed by atoms with Crippen LogP contribution in [0.25, 0.3) is 0 Å². The van der Waals surface area contributed by atoms with E-state index >= 15 is 0 Å². The molecule has 10 nitrogen and oxygen atoms in total. The van der Waals surface area contributed by atoms with Crippen LogP contribution in [-0.4, -0.2) is 31.8 Å². The summed E-state index contributed by atoms with van der Waals surface area (Å²) in [4.78, 5) is 54.6. The van der Waals surface area contributed by atoms with Gasteiger partial charge in [0.05, 0.1) is 6.54 Å². The Morgan fingerprint density at radius 3 is 2.47 bits per heavy atom. The molecule has 0 atom stereocenters. The minimum Gasteiger partial charge on any atom is -0.383 e. The molecule has 0 aliphatic heterocycles. The molecule has 10 heteroatoms. The highest BCUT2D eigenvalue weighted by Crippen LogP contribution is 2.21. The van der Waals surface area contributed by atoms with Gasteiger partial charge in [-0.25, -0.2) is 9.48 Å². The number of hydrogen-bond donors (Lipinski definition) is 2. The van der Waals surface area contributed by atoms with Crippen LogP contribution in [0.1, 0.15) is 49.7 Å². The molecule has 3 rings (SSSR count). The summed E-state index contributed by atoms with van der Waals surface area (Å²) >= 11 is 0. The molecule has 0 unspecified atom stereocenters. The Kier molecular flexibility index (Phi) is 7.83. The SMILES string of the molecule is CCCn1nc(C(=O)N(CCC(C)C)c2c(N)n(Cc3ccccc3)c(=O)[nH]c2=O)ccc1=O. The Morgan fingerprint density at radius 2 is 1.82 bits per heavy atom. The number of carbonyl (C=O) groups is 1. The van der Waals surface area contributed by atoms with Gasteiger partial charge in [0.2, 0.25) is 0 Å². The Morgan fingerprint density at radius 1 is 1.12 bits per heavy atom. The number of nitrogens with one attached hydrogen (secondary N) is 1. The topological polar surface area (TPSA) is 136 Å². The predicted molar refractivity (Wildman–Crippen MR) is 131 cm³/mol. The van der Waals surface area contributed by atoms with E-state index in [0.29, 0.717) is 19.4 Å². The van der Waals surface area contributed by atoms with E-state index in [2.05, 4.69) is 10.1 Å². The number of aryl methyl sites for hydroxylation is 1. The summed E-state index contributed by atoms with van der Waals surface area (Å²) in [5.41, 5.74) is 5.29. The molecule has 0 spiro atoms. The third-order valence-electron chi connectivity index (χ3n) is 5.36. The molecule has 0 aliphatic carbocycles. The first-order chi connectivity index (χ1) is 16.2. The Hall–Kier alpha value is -3.95. The Labute approximate surface area is 196 Å². The molecule has 34 heavy (non-hydrogen) atoms. The number of aromatic amines is 1. The number of hydrogen-bond acceptors (Lipinski definition) is 6. The van der Waals surface area contributed by atoms with Crippen molar-refractivity contribution in [3.8, 4) is 0 Å². The van der Waals surface area contributed by atoms with E-state index in [-0.39, 0.29) is 41.8 Å². The molecular formula is C24H30N6O4. The summed E-state index contributed by atoms with van der Waals surface area (Å²) in [5.74, 6) is -0.461. The van der Waals surface area contributed by atoms with Crippen LogP contribution in [0.15, 0.2) is 56.8 Å². The van der Waals surface area contributed by atoms with E-state index in [9.17, 15) is 19.2 Å². The van der Waals surface area contributed by atoms with Crippen LogP contribution < -0.4 is 27.4 Å². The lowest BCUT2D eigenvalue weighted by Gasteiger charge is -2.25. The van der Waals surface area contributed by atoms with Crippen molar-refractivity contribution < 1.29 is 4.79 Å². The van der Waals surface area contributed by atoms with Crippen LogP contribution in [0.5, 0.6) is 0 Å². The van der Waals surface area contributed by atoms with E-state index in [0.717, 1.165) is 5.56 Å². The largest absolute Gasteiger partial charge is 0.383 e. The summed E-state index contributed by atoms with van der Waals surface area (Å²) < 4.78 is 2.45. The van der Waals surface area contributed by atoms with Gasteiger partial charge in [-0.15, -0.1) is 0 Å². The standard InChI is InChI=1S/C24H30N6O4/c1-4-13-30-19(31)11-10-18(27-30)23(33)28(14-12-16(2)3)20-21(25)29(24(34)26-22(20)32)15-17-8-6-5-7-9-17/h5-11,16H,4,12-15,25H2,1-3H3,(H,26,32,34). The van der Waals surface area contributed by atoms with E-state index in [1.807, 2.05) is 51.1 Å². The lowest BCUT2D eigenvalue weighted by atomic mass is 10.1. The van der Waals surface area contributed by atoms with Gasteiger partial charge in [-0.05, 0) is 30.4 Å². The maximum atomic E-state index is 13.5. The molecule has 0 aliphatic rings. The highest BCUT2D eigenvalue weighted by molar-refractivity contribution is 6.05. The van der Waals surface area contributed by atoms with Gasteiger partial charge < -0.3 is 5.73 Å². The van der Waals surface area contributed by atoms with E-state index in [1.54, 1.807) is 0 Å². The maximum absolute atomic E-state index is 13.5. The van der Waals surface area contributed by atoms with Crippen molar-refractivity contribution in [3.05, 3.63) is 84.9 Å². The van der Waals surface area contributed by atoms with Gasteiger partial charge >= 0.3 is 5.69 Å². The Bertz CT molecular complexity index is 1320. The molecule has 0 bridgehead atoms. The second kappa shape index (κ2) is 10.8. The highest BCUT2D eigenvalue weighted by Gasteiger charge is 2.26. The summed E-state index contributed by atoms with van der Waals surface area (Å²) in [6.07, 6.45) is 1.25. The van der Waals surface area contributed by atoms with E-state index < -0.39 is 17.2 Å². The second-order valence-corrected chi connectivity index (χ2v) is 8.48. The quantitative estimate of drug-likeness (QED) is 0.494. The van der Waals surface area contributed by atoms with Crippen molar-refractivity contribution in [2.45, 2.75) is 46.7 Å². The summed E-state index contributed by atoms with van der Waals surface area (Å²) in [6, 6.07) is 11.8. The molecule has 3 aromatic rings. The lowest BCUT2D eigenvalue weighted by molar-refractivity contribution is 0.0978. The molecular weight excluding hydrogens is 436 g/mol. The summed E-state index contributed by atoms with van der Waals surface area (Å²) in [7, 11) is 0. The number of carbonyl (C=O) groups excluding carboxylic acids is 1. The zero-order valence-corrected chi connectivity index (χ0v) is 19.7. The van der Waals surface area contributed by atoms with Gasteiger partial charge in [0, 0.05) is 19.2 Å². The number of nitrogen functional groups attached to an aromatic ring is 1. The van der Waals surface area contributed by atoms with E-state index in [4.69, 9.17) is 5.73 Å². The van der Waals surface area contributed by atoms with Gasteiger partial charge in [0.1, 0.15) is 11.5 Å². The fourth-order valence-corrected chi connectivity index (χ4v) is 3.54. The van der Waals surface area contributed by atoms with Crippen molar-refractivity contribution in [2.75, 3.05) is 17.2 Å². The average Bonchev–Trinajstić information content (AvgIpc) is 2.80. The maximum Gasteiger partial charge on any atom is 0.330 e. The number of anilines is 2. The van der Waals surface area contributed by atoms with Crippen molar-refractivity contribution in [1.82, 2.24) is 19.3 Å². The number of nitrogens with two attached hydrogens (primary N) is 1. The van der Waals surface area contributed by atoms with Crippen molar-refractivity contribution in [1.29, 1.82) is 0 Å². The van der Waals surface area contributed by atoms with Gasteiger partial charge in [-0.3, -0.25) is 28.8 Å². The molecule has 0 saturated carbocycles. The highest BCUT2D eigenvalue weighted by atomic mass is 16.2. The molecule has 180 valence electrons. The third kappa shape index (κ3) is 5.51. The van der Waals surface area contributed by atoms with Crippen LogP contribution in [0.2, 0.25) is 0 Å². The van der Waals surface area contributed by atoms with Crippen LogP contribution >= 0.6 is 0 Å². The minimum atomic E-state index is -0.759. The van der Waals surface area contributed by atoms with Crippen molar-refractivity contribution >= 4 is 17.4 Å². The van der Waals surface area contributed by atoms with Crippen LogP contribution in [-0.2, 0) is 13.1 Å². The minimum absolute atomic E-state index is 0.0106. The molecule has 0 fully saturated rings. The molecule has 1 aromatic carbocycles. The molecule has 2 aromatic heterocycles. The molecule has 2 heterocycles. The van der Waals surface area contributed by atoms with Gasteiger partial charge in [0.25, 0.3) is 17.0 Å². The Balaban J connectivity index is 2.12. The molecule has 0 radical (unpaired) electrons. The first-order valence-corrected chi connectivity index (χ1v) is 11.3. The normalized spacial score (nSPS) is 11.1. The average molecular weight is 467 g/mol. The molecule has 3 N–H and O–H groups in total. The van der Waals surface area contributed by atoms with Crippen LogP contribution in [0.4, 0.5) is 11.5 Å². The molecule has 0 saturated heterocycles. The summed E-state index contributed by atoms with van der Waals surface area (Å²) in [5, 5.41) is 4.19. The second-order valence-electron chi connectivity index (χ2n) is 8.48. The number of amides is 1. The number of nitrogens with zero attached hydrogens (tertiary/aromatic N) is 4. The zero-order chi connectivity index (χ0) is 24.8. The van der Waals surface area contributed by atoms with Gasteiger partial charge in [-0.2, -0.15) is 5.10 Å². The summed E-state index contributed by atoms with van der Waals surface area (Å²) in [6.45, 7) is 6.55. The fourth-order valence-electron chi connectivity index (χ4n) is 3.54. The van der Waals surface area contributed by atoms with Crippen molar-refractivity contribution in [2.24, 2.45) is 5.92 Å². The van der Waals surface area contributed by atoms with Crippen molar-refractivity contribution in [3.63, 3.8) is 0 Å². The number of aromatic nitrogens is 4. The smallest absolute Gasteiger partial charge is 0.330 e.